The number of thioether (sulfide) groups is 1. The van der Waals surface area contributed by atoms with Crippen molar-refractivity contribution in [3.63, 3.8) is 0 Å². The van der Waals surface area contributed by atoms with Crippen LogP contribution < -0.4 is 5.84 Å². The number of nitrogens with one attached hydrogen (secondary N) is 1. The molecule has 0 aliphatic heterocycles. The van der Waals surface area contributed by atoms with Crippen LogP contribution in [0.5, 0.6) is 0 Å². The molecule has 0 radical (unpaired) electrons. The molecule has 2 aromatic heterocycles. The summed E-state index contributed by atoms with van der Waals surface area (Å²) in [6, 6.07) is 23.7. The van der Waals surface area contributed by atoms with Crippen LogP contribution in [0.2, 0.25) is 0 Å². The number of carbonyl (C=O) groups is 1. The lowest BCUT2D eigenvalue weighted by Gasteiger charge is -2.04. The number of H-pyrrole nitrogens is 1. The van der Waals surface area contributed by atoms with E-state index in [4.69, 9.17) is 5.84 Å². The molecule has 0 spiro atoms. The van der Waals surface area contributed by atoms with E-state index in [0.717, 1.165) is 22.0 Å². The van der Waals surface area contributed by atoms with Crippen molar-refractivity contribution in [1.29, 1.82) is 0 Å². The predicted octanol–water partition coefficient (Wildman–Crippen LogP) is 4.49. The van der Waals surface area contributed by atoms with E-state index >= 15 is 0 Å². The molecule has 3 N–H and O–H groups in total. The fourth-order valence-corrected chi connectivity index (χ4v) is 4.19. The molecule has 0 unspecified atom stereocenters. The third-order valence-electron chi connectivity index (χ3n) is 5.23. The van der Waals surface area contributed by atoms with Gasteiger partial charge in [0.2, 0.25) is 11.0 Å². The van der Waals surface area contributed by atoms with Crippen LogP contribution >= 0.6 is 11.8 Å². The first-order valence-corrected chi connectivity index (χ1v) is 11.1. The molecule has 7 nitrogen and oxygen atoms in total. The number of Topliss-reactive ketones (excluding diaryl/α,β-unsaturated/α-hetero) is 1. The van der Waals surface area contributed by atoms with E-state index in [9.17, 15) is 4.79 Å². The lowest BCUT2D eigenvalue weighted by molar-refractivity contribution is 0.102. The van der Waals surface area contributed by atoms with Gasteiger partial charge < -0.3 is 5.84 Å². The fraction of sp³-hybridized carbons (Fsp3) is 0.0833. The summed E-state index contributed by atoms with van der Waals surface area (Å²) >= 11 is 1.26. The van der Waals surface area contributed by atoms with Crippen molar-refractivity contribution < 1.29 is 4.79 Å². The average Bonchev–Trinajstić information content (AvgIpc) is 3.44. The summed E-state index contributed by atoms with van der Waals surface area (Å²) in [6.07, 6.45) is 0. The number of fused-ring (bicyclic) bond motifs is 1. The van der Waals surface area contributed by atoms with Gasteiger partial charge in [0.25, 0.3) is 0 Å². The minimum Gasteiger partial charge on any atom is -0.335 e. The molecule has 5 aromatic rings. The quantitative estimate of drug-likeness (QED) is 0.229. The molecule has 3 aromatic carbocycles. The predicted molar refractivity (Wildman–Crippen MR) is 127 cm³/mol. The van der Waals surface area contributed by atoms with Gasteiger partial charge in [-0.1, -0.05) is 78.0 Å². The second-order valence-electron chi connectivity index (χ2n) is 7.48. The zero-order valence-electron chi connectivity index (χ0n) is 17.3. The zero-order chi connectivity index (χ0) is 22.1. The van der Waals surface area contributed by atoms with Gasteiger partial charge >= 0.3 is 0 Å². The maximum absolute atomic E-state index is 12.7. The molecule has 0 amide bonds. The second kappa shape index (κ2) is 8.32. The SMILES string of the molecule is Cc1ccc(-c2cc(-c3nnc(SCC(=O)c4ccc5ccccc5c4)n3N)[nH]n2)cc1. The fourth-order valence-electron chi connectivity index (χ4n) is 3.44. The molecule has 0 bridgehead atoms. The Morgan fingerprint density at radius 2 is 1.78 bits per heavy atom. The van der Waals surface area contributed by atoms with Gasteiger partial charge in [0, 0.05) is 11.1 Å². The van der Waals surface area contributed by atoms with Crippen LogP contribution in [0.1, 0.15) is 15.9 Å². The second-order valence-corrected chi connectivity index (χ2v) is 8.43. The van der Waals surface area contributed by atoms with Crippen LogP contribution in [0.4, 0.5) is 0 Å². The van der Waals surface area contributed by atoms with Crippen LogP contribution in [0.25, 0.3) is 33.5 Å². The Kier molecular flexibility index (Phi) is 5.20. The summed E-state index contributed by atoms with van der Waals surface area (Å²) in [5, 5.41) is 18.3. The molecule has 0 fully saturated rings. The van der Waals surface area contributed by atoms with E-state index in [1.165, 1.54) is 22.0 Å². The van der Waals surface area contributed by atoms with Crippen molar-refractivity contribution in [1.82, 2.24) is 25.1 Å². The third kappa shape index (κ3) is 3.88. The highest BCUT2D eigenvalue weighted by Gasteiger charge is 2.17. The Bertz CT molecular complexity index is 1420. The topological polar surface area (TPSA) is 102 Å². The molecule has 2 heterocycles. The molecule has 0 aliphatic rings. The number of carbonyl (C=O) groups excluding carboxylic acids is 1. The summed E-state index contributed by atoms with van der Waals surface area (Å²) in [4.78, 5) is 12.7. The largest absolute Gasteiger partial charge is 0.335 e. The summed E-state index contributed by atoms with van der Waals surface area (Å²) in [7, 11) is 0. The Morgan fingerprint density at radius 1 is 1.00 bits per heavy atom. The summed E-state index contributed by atoms with van der Waals surface area (Å²) in [5.41, 5.74) is 4.30. The van der Waals surface area contributed by atoms with Gasteiger partial charge in [-0.3, -0.25) is 9.89 Å². The number of aryl methyl sites for hydroxylation is 1. The average molecular weight is 441 g/mol. The summed E-state index contributed by atoms with van der Waals surface area (Å²) in [6.45, 7) is 2.04. The van der Waals surface area contributed by atoms with Crippen molar-refractivity contribution >= 4 is 28.3 Å². The Labute approximate surface area is 188 Å². The van der Waals surface area contributed by atoms with Crippen molar-refractivity contribution in [2.75, 3.05) is 11.6 Å². The van der Waals surface area contributed by atoms with Crippen molar-refractivity contribution in [2.45, 2.75) is 12.1 Å². The van der Waals surface area contributed by atoms with Gasteiger partial charge in [0.1, 0.15) is 5.69 Å². The standard InChI is InChI=1S/C24H20N6OS/c1-15-6-8-17(9-7-15)20-13-21(27-26-20)23-28-29-24(30(23)25)32-14-22(31)19-11-10-16-4-2-3-5-18(16)12-19/h2-13H,14,25H2,1H3,(H,26,27). The molecule has 0 aliphatic carbocycles. The Morgan fingerprint density at radius 3 is 2.59 bits per heavy atom. The van der Waals surface area contributed by atoms with Crippen LogP contribution in [0.3, 0.4) is 0 Å². The smallest absolute Gasteiger partial charge is 0.210 e. The number of benzene rings is 3. The third-order valence-corrected chi connectivity index (χ3v) is 6.18. The normalized spacial score (nSPS) is 11.2. The number of ketones is 1. The van der Waals surface area contributed by atoms with Gasteiger partial charge in [-0.15, -0.1) is 10.2 Å². The van der Waals surface area contributed by atoms with E-state index in [1.54, 1.807) is 0 Å². The molecule has 5 rings (SSSR count). The van der Waals surface area contributed by atoms with E-state index < -0.39 is 0 Å². The van der Waals surface area contributed by atoms with Gasteiger partial charge in [0.05, 0.1) is 11.4 Å². The van der Waals surface area contributed by atoms with E-state index in [1.807, 2.05) is 79.7 Å². The maximum Gasteiger partial charge on any atom is 0.210 e. The van der Waals surface area contributed by atoms with Crippen LogP contribution in [-0.4, -0.2) is 36.6 Å². The molecular formula is C24H20N6OS. The Balaban J connectivity index is 1.31. The highest BCUT2D eigenvalue weighted by molar-refractivity contribution is 7.99. The molecule has 0 saturated heterocycles. The van der Waals surface area contributed by atoms with E-state index in [0.29, 0.717) is 22.2 Å². The number of aromatic amines is 1. The number of hydrogen-bond acceptors (Lipinski definition) is 6. The lowest BCUT2D eigenvalue weighted by Crippen LogP contribution is -2.13. The highest BCUT2D eigenvalue weighted by atomic mass is 32.2. The number of nitrogen functional groups attached to an aromatic ring is 1. The minimum absolute atomic E-state index is 0.00787. The van der Waals surface area contributed by atoms with E-state index in [-0.39, 0.29) is 11.5 Å². The van der Waals surface area contributed by atoms with Gasteiger partial charge in [-0.2, -0.15) is 5.10 Å². The van der Waals surface area contributed by atoms with Crippen LogP contribution in [0, 0.1) is 6.92 Å². The van der Waals surface area contributed by atoms with Gasteiger partial charge in [0.15, 0.2) is 5.78 Å². The number of hydrogen-bond donors (Lipinski definition) is 2. The summed E-state index contributed by atoms with van der Waals surface area (Å²) in [5.74, 6) is 6.89. The molecule has 32 heavy (non-hydrogen) atoms. The molecule has 158 valence electrons. The minimum atomic E-state index is 0.00787. The summed E-state index contributed by atoms with van der Waals surface area (Å²) < 4.78 is 1.38. The number of rotatable bonds is 6. The van der Waals surface area contributed by atoms with Crippen molar-refractivity contribution in [3.8, 4) is 22.8 Å². The maximum atomic E-state index is 12.7. The Hall–Kier alpha value is -3.91. The molecule has 0 saturated carbocycles. The van der Waals surface area contributed by atoms with E-state index in [2.05, 4.69) is 20.4 Å². The van der Waals surface area contributed by atoms with Gasteiger partial charge in [-0.25, -0.2) is 4.68 Å². The van der Waals surface area contributed by atoms with Crippen LogP contribution in [0.15, 0.2) is 78.0 Å². The number of nitrogens with zero attached hydrogens (tertiary/aromatic N) is 4. The monoisotopic (exact) mass is 440 g/mol. The van der Waals surface area contributed by atoms with Crippen molar-refractivity contribution in [2.24, 2.45) is 0 Å². The molecular weight excluding hydrogens is 420 g/mol. The van der Waals surface area contributed by atoms with Gasteiger partial charge in [-0.05, 0) is 29.8 Å². The number of nitrogens with two attached hydrogens (primary N) is 1. The zero-order valence-corrected chi connectivity index (χ0v) is 18.1. The molecule has 8 heteroatoms. The lowest BCUT2D eigenvalue weighted by atomic mass is 10.1. The first-order valence-electron chi connectivity index (χ1n) is 10.1. The highest BCUT2D eigenvalue weighted by Crippen LogP contribution is 2.25. The number of aromatic nitrogens is 5. The first kappa shape index (κ1) is 20.0. The first-order chi connectivity index (χ1) is 15.6. The van der Waals surface area contributed by atoms with Crippen molar-refractivity contribution in [3.05, 3.63) is 83.9 Å². The molecule has 0 atom stereocenters. The van der Waals surface area contributed by atoms with Crippen LogP contribution in [-0.2, 0) is 0 Å².